The predicted molar refractivity (Wildman–Crippen MR) is 129 cm³/mol. The van der Waals surface area contributed by atoms with E-state index in [2.05, 4.69) is 46.7 Å². The minimum atomic E-state index is -0.373. The van der Waals surface area contributed by atoms with E-state index < -0.39 is 0 Å². The van der Waals surface area contributed by atoms with Gasteiger partial charge in [0, 0.05) is 17.9 Å². The van der Waals surface area contributed by atoms with Crippen LogP contribution < -0.4 is 0 Å². The number of unbranched alkanes of at least 4 members (excludes halogenated alkanes) is 2. The smallest absolute Gasteiger partial charge is 0.283 e. The van der Waals surface area contributed by atoms with Gasteiger partial charge in [0.05, 0.1) is 5.57 Å². The van der Waals surface area contributed by atoms with Crippen LogP contribution in [0.25, 0.3) is 6.08 Å². The van der Waals surface area contributed by atoms with E-state index in [4.69, 9.17) is 5.41 Å². The number of hydrazone groups is 1. The van der Waals surface area contributed by atoms with Gasteiger partial charge in [-0.1, -0.05) is 50.1 Å². The number of nitrogens with zero attached hydrogens (tertiary/aromatic N) is 4. The van der Waals surface area contributed by atoms with Crippen LogP contribution in [-0.4, -0.2) is 31.5 Å². The van der Waals surface area contributed by atoms with Gasteiger partial charge in [0.25, 0.3) is 5.91 Å². The maximum atomic E-state index is 12.7. The second kappa shape index (κ2) is 9.06. The molecule has 1 aromatic heterocycles. The number of rotatable bonds is 7. The summed E-state index contributed by atoms with van der Waals surface area (Å²) < 4.78 is 2.23. The first-order chi connectivity index (χ1) is 15.0. The minimum absolute atomic E-state index is 0.0980. The highest BCUT2D eigenvalue weighted by Gasteiger charge is 2.35. The lowest BCUT2D eigenvalue weighted by atomic mass is 10.1. The summed E-state index contributed by atoms with van der Waals surface area (Å²) in [6.45, 7) is 7.04. The molecule has 7 heteroatoms. The molecule has 0 spiro atoms. The van der Waals surface area contributed by atoms with Gasteiger partial charge in [-0.2, -0.15) is 15.1 Å². The molecule has 2 aliphatic heterocycles. The Morgan fingerprint density at radius 1 is 1.16 bits per heavy atom. The van der Waals surface area contributed by atoms with Crippen LogP contribution in [0.2, 0.25) is 0 Å². The Hall–Kier alpha value is -2.93. The van der Waals surface area contributed by atoms with Crippen molar-refractivity contribution >= 4 is 39.8 Å². The molecule has 6 nitrogen and oxygen atoms in total. The second-order valence-electron chi connectivity index (χ2n) is 7.87. The van der Waals surface area contributed by atoms with E-state index in [1.165, 1.54) is 22.3 Å². The molecule has 0 fully saturated rings. The zero-order valence-electron chi connectivity index (χ0n) is 18.2. The Bertz CT molecular complexity index is 1110. The van der Waals surface area contributed by atoms with Gasteiger partial charge in [0.1, 0.15) is 5.04 Å². The molecule has 0 saturated heterocycles. The number of thioether (sulfide) groups is 1. The largest absolute Gasteiger partial charge is 0.344 e. The SMILES string of the molecule is CCCCCC1=NN2C(=N)/C(=C/c3cc(C)n(Cc4ccccc4)c3C)C(=O)N=C2S1. The van der Waals surface area contributed by atoms with Crippen molar-refractivity contribution in [1.82, 2.24) is 9.58 Å². The number of nitrogens with one attached hydrogen (secondary N) is 1. The van der Waals surface area contributed by atoms with E-state index in [0.717, 1.165) is 54.2 Å². The number of amidine groups is 2. The van der Waals surface area contributed by atoms with Gasteiger partial charge in [-0.3, -0.25) is 10.2 Å². The predicted octanol–water partition coefficient (Wildman–Crippen LogP) is 5.35. The number of aromatic nitrogens is 1. The van der Waals surface area contributed by atoms with Crippen LogP contribution in [0.5, 0.6) is 0 Å². The minimum Gasteiger partial charge on any atom is -0.344 e. The normalized spacial score (nSPS) is 17.3. The van der Waals surface area contributed by atoms with E-state index >= 15 is 0 Å². The Labute approximate surface area is 187 Å². The van der Waals surface area contributed by atoms with Crippen molar-refractivity contribution in [2.24, 2.45) is 10.1 Å². The topological polar surface area (TPSA) is 73.8 Å². The molecule has 1 N–H and O–H groups in total. The molecule has 0 bridgehead atoms. The molecule has 4 rings (SSSR count). The van der Waals surface area contributed by atoms with Gasteiger partial charge in [-0.05, 0) is 61.7 Å². The van der Waals surface area contributed by atoms with Crippen LogP contribution in [0.4, 0.5) is 0 Å². The molecule has 31 heavy (non-hydrogen) atoms. The number of carbonyl (C=O) groups is 1. The maximum absolute atomic E-state index is 12.7. The van der Waals surface area contributed by atoms with Crippen LogP contribution in [0, 0.1) is 19.3 Å². The molecule has 0 unspecified atom stereocenters. The molecule has 0 saturated carbocycles. The zero-order chi connectivity index (χ0) is 22.0. The molecule has 160 valence electrons. The van der Waals surface area contributed by atoms with Gasteiger partial charge in [-0.15, -0.1) is 0 Å². The quantitative estimate of drug-likeness (QED) is 0.472. The van der Waals surface area contributed by atoms with Crippen molar-refractivity contribution in [2.75, 3.05) is 0 Å². The molecule has 3 heterocycles. The molecular weight excluding hydrogens is 406 g/mol. The number of hydrogen-bond donors (Lipinski definition) is 1. The number of hydrogen-bond acceptors (Lipinski definition) is 4. The first kappa shape index (κ1) is 21.3. The number of amides is 1. The first-order valence-electron chi connectivity index (χ1n) is 10.7. The standard InChI is InChI=1S/C24H27N5OS/c1-4-5-7-12-21-27-29-22(25)20(23(30)26-24(29)31-21)14-19-13-16(2)28(17(19)3)15-18-10-8-6-9-11-18/h6,8-11,13-14,25H,4-5,7,12,15H2,1-3H3/b20-14-,25-22?. The highest BCUT2D eigenvalue weighted by Crippen LogP contribution is 2.30. The van der Waals surface area contributed by atoms with Crippen molar-refractivity contribution < 1.29 is 4.79 Å². The number of fused-ring (bicyclic) bond motifs is 1. The number of benzene rings is 1. The lowest BCUT2D eigenvalue weighted by molar-refractivity contribution is -0.114. The Balaban J connectivity index is 1.59. The summed E-state index contributed by atoms with van der Waals surface area (Å²) in [6.07, 6.45) is 5.98. The van der Waals surface area contributed by atoms with Crippen molar-refractivity contribution in [2.45, 2.75) is 53.0 Å². The molecule has 1 amide bonds. The van der Waals surface area contributed by atoms with Crippen LogP contribution in [0.1, 0.15) is 55.1 Å². The third kappa shape index (κ3) is 4.42. The fraction of sp³-hybridized carbons (Fsp3) is 0.333. The fourth-order valence-electron chi connectivity index (χ4n) is 3.80. The third-order valence-electron chi connectivity index (χ3n) is 5.59. The van der Waals surface area contributed by atoms with Crippen LogP contribution >= 0.6 is 11.8 Å². The molecule has 2 aliphatic rings. The van der Waals surface area contributed by atoms with E-state index in [-0.39, 0.29) is 17.3 Å². The van der Waals surface area contributed by atoms with E-state index in [1.807, 2.05) is 25.1 Å². The van der Waals surface area contributed by atoms with Gasteiger partial charge in [0.2, 0.25) is 5.17 Å². The van der Waals surface area contributed by atoms with E-state index in [9.17, 15) is 4.79 Å². The van der Waals surface area contributed by atoms with Crippen molar-refractivity contribution in [3.8, 4) is 0 Å². The third-order valence-corrected chi connectivity index (χ3v) is 6.55. The van der Waals surface area contributed by atoms with Gasteiger partial charge in [-0.25, -0.2) is 0 Å². The summed E-state index contributed by atoms with van der Waals surface area (Å²) in [5, 5.41) is 16.1. The number of aliphatic imine (C=N–C) groups is 1. The molecule has 0 radical (unpaired) electrons. The lowest BCUT2D eigenvalue weighted by Gasteiger charge is -2.20. The summed E-state index contributed by atoms with van der Waals surface area (Å²) in [4.78, 5) is 16.9. The van der Waals surface area contributed by atoms with Gasteiger partial charge in [0.15, 0.2) is 5.84 Å². The average Bonchev–Trinajstić information content (AvgIpc) is 3.28. The van der Waals surface area contributed by atoms with Crippen LogP contribution in [-0.2, 0) is 11.3 Å². The highest BCUT2D eigenvalue weighted by atomic mass is 32.2. The second-order valence-corrected chi connectivity index (χ2v) is 8.91. The van der Waals surface area contributed by atoms with Crippen molar-refractivity contribution in [3.05, 3.63) is 64.5 Å². The van der Waals surface area contributed by atoms with E-state index in [1.54, 1.807) is 6.08 Å². The zero-order valence-corrected chi connectivity index (χ0v) is 19.0. The average molecular weight is 434 g/mol. The van der Waals surface area contributed by atoms with Crippen LogP contribution in [0.3, 0.4) is 0 Å². The molecule has 1 aromatic carbocycles. The van der Waals surface area contributed by atoms with E-state index in [0.29, 0.717) is 5.17 Å². The summed E-state index contributed by atoms with van der Waals surface area (Å²) in [6, 6.07) is 12.4. The Kier molecular flexibility index (Phi) is 6.23. The molecule has 2 aromatic rings. The molecule has 0 atom stereocenters. The number of carbonyl (C=O) groups excluding carboxylic acids is 1. The van der Waals surface area contributed by atoms with Crippen molar-refractivity contribution in [1.29, 1.82) is 5.41 Å². The summed E-state index contributed by atoms with van der Waals surface area (Å²) in [5.74, 6) is -0.275. The first-order valence-corrected chi connectivity index (χ1v) is 11.5. The monoisotopic (exact) mass is 433 g/mol. The number of aryl methyl sites for hydroxylation is 1. The summed E-state index contributed by atoms with van der Waals surface area (Å²) >= 11 is 1.40. The molecule has 0 aliphatic carbocycles. The fourth-order valence-corrected chi connectivity index (χ4v) is 4.72. The highest BCUT2D eigenvalue weighted by molar-refractivity contribution is 8.26. The lowest BCUT2D eigenvalue weighted by Crippen LogP contribution is -2.35. The maximum Gasteiger partial charge on any atom is 0.283 e. The Morgan fingerprint density at radius 3 is 2.68 bits per heavy atom. The Morgan fingerprint density at radius 2 is 1.94 bits per heavy atom. The van der Waals surface area contributed by atoms with Crippen molar-refractivity contribution in [3.63, 3.8) is 0 Å². The molecular formula is C24H27N5OS. The summed E-state index contributed by atoms with van der Waals surface area (Å²) in [7, 11) is 0. The van der Waals surface area contributed by atoms with Gasteiger partial charge < -0.3 is 4.57 Å². The van der Waals surface area contributed by atoms with Crippen LogP contribution in [0.15, 0.2) is 52.1 Å². The summed E-state index contributed by atoms with van der Waals surface area (Å²) in [5.41, 5.74) is 4.60. The van der Waals surface area contributed by atoms with Gasteiger partial charge >= 0.3 is 0 Å².